The van der Waals surface area contributed by atoms with E-state index in [4.69, 9.17) is 18.9 Å². The molecule has 0 spiro atoms. The van der Waals surface area contributed by atoms with Crippen LogP contribution in [0.5, 0.6) is 17.2 Å². The number of aliphatic hydroxyl groups is 2. The maximum absolute atomic E-state index is 10.9. The number of ether oxygens (including phenoxy) is 4. The van der Waals surface area contributed by atoms with E-state index in [0.717, 1.165) is 28.7 Å². The van der Waals surface area contributed by atoms with Crippen LogP contribution in [0, 0.1) is 0 Å². The van der Waals surface area contributed by atoms with Gasteiger partial charge in [0.2, 0.25) is 0 Å². The first kappa shape index (κ1) is 45.1. The standard InChI is InChI=1S/C55H64O6/c1-9-55(8,61-38-49(57)37-60-52-33-25-45(26-34-52)53(4,5)43-19-15-40(16-20-43)39(2)3)47-23-21-44(22-24-47)54(6,7)46-27-31-51(32-28-46)59-36-48(56)35-58-50-29-17-42(18-30-50)41-13-11-10-12-14-41/h10-34,39,48-49,56-57H,9,35-38H2,1-8H3. The molecule has 6 rings (SSSR count). The van der Waals surface area contributed by atoms with Crippen molar-refractivity contribution < 1.29 is 29.2 Å². The van der Waals surface area contributed by atoms with Crippen LogP contribution in [-0.4, -0.2) is 48.8 Å². The van der Waals surface area contributed by atoms with E-state index in [1.54, 1.807) is 0 Å². The quantitative estimate of drug-likeness (QED) is 0.0799. The zero-order valence-corrected chi connectivity index (χ0v) is 37.2. The second-order valence-corrected chi connectivity index (χ2v) is 17.7. The summed E-state index contributed by atoms with van der Waals surface area (Å²) in [5, 5.41) is 21.5. The number of hydrogen-bond donors (Lipinski definition) is 2. The molecule has 0 bridgehead atoms. The predicted octanol–water partition coefficient (Wildman–Crippen LogP) is 12.0. The summed E-state index contributed by atoms with van der Waals surface area (Å²) in [5.74, 6) is 2.61. The Hall–Kier alpha value is -5.40. The van der Waals surface area contributed by atoms with Gasteiger partial charge in [-0.2, -0.15) is 0 Å². The van der Waals surface area contributed by atoms with Gasteiger partial charge in [0.15, 0.2) is 0 Å². The Balaban J connectivity index is 0.955. The first-order valence-corrected chi connectivity index (χ1v) is 21.6. The predicted molar refractivity (Wildman–Crippen MR) is 248 cm³/mol. The van der Waals surface area contributed by atoms with Crippen molar-refractivity contribution in [3.05, 3.63) is 185 Å². The molecule has 0 amide bonds. The number of benzene rings is 6. The molecule has 0 radical (unpaired) electrons. The Morgan fingerprint density at radius 3 is 1.18 bits per heavy atom. The second-order valence-electron chi connectivity index (χ2n) is 17.7. The van der Waals surface area contributed by atoms with E-state index in [-0.39, 0.29) is 37.3 Å². The highest BCUT2D eigenvalue weighted by Crippen LogP contribution is 2.36. The molecular formula is C55H64O6. The zero-order chi connectivity index (χ0) is 43.6. The van der Waals surface area contributed by atoms with Crippen molar-refractivity contribution in [2.75, 3.05) is 26.4 Å². The van der Waals surface area contributed by atoms with Gasteiger partial charge in [0.1, 0.15) is 49.3 Å². The van der Waals surface area contributed by atoms with Gasteiger partial charge < -0.3 is 29.2 Å². The molecular weight excluding hydrogens is 757 g/mol. The number of aliphatic hydroxyl groups excluding tert-OH is 2. The fourth-order valence-electron chi connectivity index (χ4n) is 7.51. The van der Waals surface area contributed by atoms with Crippen LogP contribution in [0.25, 0.3) is 11.1 Å². The topological polar surface area (TPSA) is 77.4 Å². The van der Waals surface area contributed by atoms with Crippen molar-refractivity contribution >= 4 is 0 Å². The summed E-state index contributed by atoms with van der Waals surface area (Å²) in [6.07, 6.45) is -0.824. The molecule has 0 aromatic heterocycles. The van der Waals surface area contributed by atoms with Gasteiger partial charge in [-0.05, 0) is 100 Å². The van der Waals surface area contributed by atoms with Gasteiger partial charge in [0, 0.05) is 10.8 Å². The first-order valence-electron chi connectivity index (χ1n) is 21.6. The average molecular weight is 821 g/mol. The lowest BCUT2D eigenvalue weighted by Crippen LogP contribution is -2.32. The molecule has 0 saturated carbocycles. The minimum Gasteiger partial charge on any atom is -0.491 e. The average Bonchev–Trinajstić information content (AvgIpc) is 3.29. The van der Waals surface area contributed by atoms with Crippen molar-refractivity contribution in [2.45, 2.75) is 96.4 Å². The van der Waals surface area contributed by atoms with Crippen LogP contribution in [-0.2, 0) is 21.2 Å². The number of rotatable bonds is 20. The Labute approximate surface area is 364 Å². The minimum absolute atomic E-state index is 0.121. The summed E-state index contributed by atoms with van der Waals surface area (Å²) in [6, 6.07) is 51.8. The van der Waals surface area contributed by atoms with Crippen LogP contribution >= 0.6 is 0 Å². The fraction of sp³-hybridized carbons (Fsp3) is 0.345. The van der Waals surface area contributed by atoms with Gasteiger partial charge in [0.25, 0.3) is 0 Å². The molecule has 6 aromatic carbocycles. The van der Waals surface area contributed by atoms with Crippen molar-refractivity contribution in [1.29, 1.82) is 0 Å². The molecule has 0 aliphatic carbocycles. The lowest BCUT2D eigenvalue weighted by molar-refractivity contribution is -0.0836. The summed E-state index contributed by atoms with van der Waals surface area (Å²) in [6.45, 7) is 18.0. The van der Waals surface area contributed by atoms with Crippen LogP contribution < -0.4 is 14.2 Å². The van der Waals surface area contributed by atoms with E-state index in [2.05, 4.69) is 140 Å². The Kier molecular flexibility index (Phi) is 14.8. The third-order valence-corrected chi connectivity index (χ3v) is 12.2. The SMILES string of the molecule is CCC(C)(OCC(O)COc1ccc(C(C)(C)c2ccc(C(C)C)cc2)cc1)c1ccc(C(C)(C)c2ccc(OCC(O)COc3ccc(-c4ccccc4)cc3)cc2)cc1. The molecule has 0 heterocycles. The summed E-state index contributed by atoms with van der Waals surface area (Å²) in [4.78, 5) is 0. The summed E-state index contributed by atoms with van der Waals surface area (Å²) < 4.78 is 24.1. The van der Waals surface area contributed by atoms with Gasteiger partial charge in [-0.1, -0.05) is 164 Å². The van der Waals surface area contributed by atoms with Gasteiger partial charge >= 0.3 is 0 Å². The fourth-order valence-corrected chi connectivity index (χ4v) is 7.51. The maximum atomic E-state index is 10.9. The van der Waals surface area contributed by atoms with E-state index in [0.29, 0.717) is 23.2 Å². The molecule has 6 heteroatoms. The van der Waals surface area contributed by atoms with Crippen LogP contribution in [0.2, 0.25) is 0 Å². The molecule has 61 heavy (non-hydrogen) atoms. The molecule has 0 aliphatic heterocycles. The third kappa shape index (κ3) is 11.5. The summed E-state index contributed by atoms with van der Waals surface area (Å²) in [5.41, 5.74) is 8.43. The maximum Gasteiger partial charge on any atom is 0.122 e. The van der Waals surface area contributed by atoms with Crippen molar-refractivity contribution in [2.24, 2.45) is 0 Å². The van der Waals surface area contributed by atoms with Gasteiger partial charge in [-0.3, -0.25) is 0 Å². The zero-order valence-electron chi connectivity index (χ0n) is 37.2. The lowest BCUT2D eigenvalue weighted by atomic mass is 9.77. The van der Waals surface area contributed by atoms with Crippen molar-refractivity contribution in [1.82, 2.24) is 0 Å². The first-order chi connectivity index (χ1) is 29.2. The Morgan fingerprint density at radius 1 is 0.426 bits per heavy atom. The lowest BCUT2D eigenvalue weighted by Gasteiger charge is -2.32. The van der Waals surface area contributed by atoms with Gasteiger partial charge in [-0.25, -0.2) is 0 Å². The summed E-state index contributed by atoms with van der Waals surface area (Å²) in [7, 11) is 0. The van der Waals surface area contributed by atoms with E-state index in [1.165, 1.54) is 22.3 Å². The molecule has 3 unspecified atom stereocenters. The van der Waals surface area contributed by atoms with Crippen LogP contribution in [0.4, 0.5) is 0 Å². The van der Waals surface area contributed by atoms with E-state index in [9.17, 15) is 10.2 Å². The molecule has 6 nitrogen and oxygen atoms in total. The van der Waals surface area contributed by atoms with Crippen molar-refractivity contribution in [3.63, 3.8) is 0 Å². The monoisotopic (exact) mass is 820 g/mol. The van der Waals surface area contributed by atoms with Crippen LogP contribution in [0.1, 0.15) is 101 Å². The molecule has 3 atom stereocenters. The normalized spacial score (nSPS) is 14.0. The molecule has 0 aliphatic rings. The summed E-state index contributed by atoms with van der Waals surface area (Å²) >= 11 is 0. The highest BCUT2D eigenvalue weighted by Gasteiger charge is 2.29. The van der Waals surface area contributed by atoms with Crippen LogP contribution in [0.15, 0.2) is 152 Å². The Bertz CT molecular complexity index is 2230. The van der Waals surface area contributed by atoms with Crippen molar-refractivity contribution in [3.8, 4) is 28.4 Å². The second kappa shape index (κ2) is 20.0. The number of hydrogen-bond acceptors (Lipinski definition) is 6. The largest absolute Gasteiger partial charge is 0.491 e. The van der Waals surface area contributed by atoms with Crippen LogP contribution in [0.3, 0.4) is 0 Å². The highest BCUT2D eigenvalue weighted by molar-refractivity contribution is 5.64. The third-order valence-electron chi connectivity index (χ3n) is 12.2. The minimum atomic E-state index is -0.785. The molecule has 6 aromatic rings. The van der Waals surface area contributed by atoms with Gasteiger partial charge in [0.05, 0.1) is 12.2 Å². The van der Waals surface area contributed by atoms with E-state index >= 15 is 0 Å². The molecule has 320 valence electrons. The van der Waals surface area contributed by atoms with Gasteiger partial charge in [-0.15, -0.1) is 0 Å². The molecule has 0 fully saturated rings. The van der Waals surface area contributed by atoms with E-state index in [1.807, 2.05) is 66.7 Å². The van der Waals surface area contributed by atoms with E-state index < -0.39 is 17.8 Å². The smallest absolute Gasteiger partial charge is 0.122 e. The highest BCUT2D eigenvalue weighted by atomic mass is 16.5. The Morgan fingerprint density at radius 2 is 0.770 bits per heavy atom. The molecule has 2 N–H and O–H groups in total. The molecule has 0 saturated heterocycles.